The van der Waals surface area contributed by atoms with E-state index >= 15 is 0 Å². The molecule has 1 unspecified atom stereocenters. The summed E-state index contributed by atoms with van der Waals surface area (Å²) < 4.78 is 40.1. The van der Waals surface area contributed by atoms with Crippen LogP contribution in [0, 0.1) is 0 Å². The van der Waals surface area contributed by atoms with Crippen LogP contribution in [0.3, 0.4) is 0 Å². The molecule has 0 bridgehead atoms. The van der Waals surface area contributed by atoms with Crippen LogP contribution in [0.4, 0.5) is 20.7 Å². The SMILES string of the molecule is COc1cccc2c1nc(C(F)F)n2-c1nc(N2CCOCC2)nc(N2CCC(N)C2)n1. The normalized spacial score (nSPS) is 19.3. The number of hydrogen-bond acceptors (Lipinski definition) is 9. The van der Waals surface area contributed by atoms with Crippen LogP contribution in [0.5, 0.6) is 5.75 Å². The molecule has 32 heavy (non-hydrogen) atoms. The van der Waals surface area contributed by atoms with E-state index in [-0.39, 0.29) is 12.0 Å². The number of hydrogen-bond donors (Lipinski definition) is 1. The average molecular weight is 446 g/mol. The number of nitrogens with two attached hydrogens (primary N) is 1. The fourth-order valence-electron chi connectivity index (χ4n) is 4.07. The molecule has 2 aromatic heterocycles. The average Bonchev–Trinajstić information content (AvgIpc) is 3.43. The number of methoxy groups -OCH3 is 1. The van der Waals surface area contributed by atoms with Crippen LogP contribution in [-0.4, -0.2) is 77.0 Å². The number of morpholine rings is 1. The molecule has 10 nitrogen and oxygen atoms in total. The van der Waals surface area contributed by atoms with Gasteiger partial charge in [-0.05, 0) is 18.6 Å². The van der Waals surface area contributed by atoms with Gasteiger partial charge in [-0.2, -0.15) is 15.0 Å². The van der Waals surface area contributed by atoms with Crippen LogP contribution in [0.2, 0.25) is 0 Å². The van der Waals surface area contributed by atoms with E-state index in [0.717, 1.165) is 6.42 Å². The second-order valence-electron chi connectivity index (χ2n) is 7.76. The Bertz CT molecular complexity index is 1100. The lowest BCUT2D eigenvalue weighted by molar-refractivity contribution is 0.122. The lowest BCUT2D eigenvalue weighted by atomic mass is 10.3. The minimum Gasteiger partial charge on any atom is -0.494 e. The summed E-state index contributed by atoms with van der Waals surface area (Å²) in [6.45, 7) is 3.56. The maximum Gasteiger partial charge on any atom is 0.296 e. The van der Waals surface area contributed by atoms with Crippen molar-refractivity contribution in [3.63, 3.8) is 0 Å². The van der Waals surface area contributed by atoms with Gasteiger partial charge >= 0.3 is 0 Å². The van der Waals surface area contributed by atoms with Crippen LogP contribution >= 0.6 is 0 Å². The van der Waals surface area contributed by atoms with Crippen molar-refractivity contribution in [1.82, 2.24) is 24.5 Å². The van der Waals surface area contributed by atoms with Gasteiger partial charge in [0.15, 0.2) is 5.82 Å². The standard InChI is InChI=1S/C20H24F2N8O2/c1-31-14-4-2-3-13-15(14)24-17(16(21)22)30(13)20-26-18(28-7-9-32-10-8-28)25-19(27-20)29-6-5-12(23)11-29/h2-4,12,16H,5-11,23H2,1H3. The lowest BCUT2D eigenvalue weighted by Crippen LogP contribution is -2.38. The van der Waals surface area contributed by atoms with Crippen LogP contribution in [0.25, 0.3) is 17.0 Å². The minimum atomic E-state index is -2.83. The Morgan fingerprint density at radius 1 is 1.03 bits per heavy atom. The summed E-state index contributed by atoms with van der Waals surface area (Å²) in [5.41, 5.74) is 6.83. The number of para-hydroxylation sites is 1. The number of ether oxygens (including phenoxy) is 2. The summed E-state index contributed by atoms with van der Waals surface area (Å²) in [6, 6.07) is 5.11. The number of aromatic nitrogens is 5. The summed E-state index contributed by atoms with van der Waals surface area (Å²) in [4.78, 5) is 21.9. The number of imidazole rings is 1. The third kappa shape index (κ3) is 3.69. The zero-order valence-electron chi connectivity index (χ0n) is 17.6. The molecule has 3 aromatic rings. The summed E-state index contributed by atoms with van der Waals surface area (Å²) in [6.07, 6.45) is -2.03. The smallest absolute Gasteiger partial charge is 0.296 e. The molecule has 0 aliphatic carbocycles. The third-order valence-electron chi connectivity index (χ3n) is 5.69. The molecule has 2 saturated heterocycles. The van der Waals surface area contributed by atoms with E-state index in [0.29, 0.717) is 68.1 Å². The molecule has 2 N–H and O–H groups in total. The van der Waals surface area contributed by atoms with Gasteiger partial charge < -0.3 is 25.0 Å². The van der Waals surface area contributed by atoms with Crippen molar-refractivity contribution in [2.24, 2.45) is 5.73 Å². The van der Waals surface area contributed by atoms with Gasteiger partial charge in [-0.25, -0.2) is 13.8 Å². The highest BCUT2D eigenvalue weighted by Gasteiger charge is 2.28. The van der Waals surface area contributed by atoms with Gasteiger partial charge in [-0.3, -0.25) is 4.57 Å². The molecule has 1 aromatic carbocycles. The van der Waals surface area contributed by atoms with E-state index in [2.05, 4.69) is 19.9 Å². The first-order valence-electron chi connectivity index (χ1n) is 10.5. The topological polar surface area (TPSA) is 107 Å². The van der Waals surface area contributed by atoms with Gasteiger partial charge in [0.25, 0.3) is 6.43 Å². The van der Waals surface area contributed by atoms with E-state index in [9.17, 15) is 8.78 Å². The Kier molecular flexibility index (Phi) is 5.47. The van der Waals surface area contributed by atoms with E-state index in [1.165, 1.54) is 11.7 Å². The first-order valence-corrected chi connectivity index (χ1v) is 10.5. The van der Waals surface area contributed by atoms with Crippen molar-refractivity contribution in [3.8, 4) is 11.7 Å². The van der Waals surface area contributed by atoms with Gasteiger partial charge in [0, 0.05) is 32.2 Å². The van der Waals surface area contributed by atoms with Crippen molar-refractivity contribution in [1.29, 1.82) is 0 Å². The third-order valence-corrected chi connectivity index (χ3v) is 5.69. The lowest BCUT2D eigenvalue weighted by Gasteiger charge is -2.28. The number of halogens is 2. The van der Waals surface area contributed by atoms with Gasteiger partial charge in [-0.1, -0.05) is 6.07 Å². The number of fused-ring (bicyclic) bond motifs is 1. The summed E-state index contributed by atoms with van der Waals surface area (Å²) in [5, 5.41) is 0. The number of alkyl halides is 2. The van der Waals surface area contributed by atoms with Crippen LogP contribution in [0.15, 0.2) is 18.2 Å². The maximum absolute atomic E-state index is 14.0. The first kappa shape index (κ1) is 20.8. The number of nitrogens with zero attached hydrogens (tertiary/aromatic N) is 7. The second-order valence-corrected chi connectivity index (χ2v) is 7.76. The Hall–Kier alpha value is -3.12. The molecule has 0 saturated carbocycles. The predicted octanol–water partition coefficient (Wildman–Crippen LogP) is 1.53. The highest BCUT2D eigenvalue weighted by Crippen LogP contribution is 2.32. The molecule has 1 atom stereocenters. The summed E-state index contributed by atoms with van der Waals surface area (Å²) >= 11 is 0. The fourth-order valence-corrected chi connectivity index (χ4v) is 4.07. The molecule has 170 valence electrons. The molecule has 0 radical (unpaired) electrons. The second kappa shape index (κ2) is 8.43. The molecule has 4 heterocycles. The zero-order chi connectivity index (χ0) is 22.2. The molecule has 2 aliphatic rings. The molecule has 2 fully saturated rings. The zero-order valence-corrected chi connectivity index (χ0v) is 17.6. The molecular weight excluding hydrogens is 422 g/mol. The fraction of sp³-hybridized carbons (Fsp3) is 0.500. The largest absolute Gasteiger partial charge is 0.494 e. The van der Waals surface area contributed by atoms with Gasteiger partial charge in [0.1, 0.15) is 11.3 Å². The quantitative estimate of drug-likeness (QED) is 0.624. The van der Waals surface area contributed by atoms with E-state index < -0.39 is 12.2 Å². The van der Waals surface area contributed by atoms with E-state index in [1.54, 1.807) is 18.2 Å². The van der Waals surface area contributed by atoms with E-state index in [4.69, 9.17) is 15.2 Å². The molecular formula is C20H24F2N8O2. The van der Waals surface area contributed by atoms with Crippen molar-refractivity contribution < 1.29 is 18.3 Å². The Balaban J connectivity index is 1.70. The number of rotatable bonds is 5. The number of benzene rings is 1. The maximum atomic E-state index is 14.0. The predicted molar refractivity (Wildman–Crippen MR) is 114 cm³/mol. The summed E-state index contributed by atoms with van der Waals surface area (Å²) in [5.74, 6) is 0.861. The van der Waals surface area contributed by atoms with Gasteiger partial charge in [0.05, 0.1) is 25.8 Å². The Labute approximate surface area is 183 Å². The first-order chi connectivity index (χ1) is 15.5. The summed E-state index contributed by atoms with van der Waals surface area (Å²) in [7, 11) is 1.48. The van der Waals surface area contributed by atoms with Crippen LogP contribution in [0.1, 0.15) is 18.7 Å². The molecule has 0 amide bonds. The highest BCUT2D eigenvalue weighted by molar-refractivity contribution is 5.84. The van der Waals surface area contributed by atoms with Gasteiger partial charge in [-0.15, -0.1) is 0 Å². The minimum absolute atomic E-state index is 0.0111. The van der Waals surface area contributed by atoms with Crippen LogP contribution in [-0.2, 0) is 4.74 Å². The van der Waals surface area contributed by atoms with E-state index in [1.807, 2.05) is 9.80 Å². The Morgan fingerprint density at radius 3 is 2.41 bits per heavy atom. The van der Waals surface area contributed by atoms with Crippen molar-refractivity contribution >= 4 is 22.9 Å². The monoisotopic (exact) mass is 446 g/mol. The Morgan fingerprint density at radius 2 is 1.75 bits per heavy atom. The van der Waals surface area contributed by atoms with Gasteiger partial charge in [0.2, 0.25) is 17.8 Å². The van der Waals surface area contributed by atoms with Crippen molar-refractivity contribution in [3.05, 3.63) is 24.0 Å². The number of anilines is 2. The molecule has 2 aliphatic heterocycles. The molecule has 5 rings (SSSR count). The van der Waals surface area contributed by atoms with Crippen LogP contribution < -0.4 is 20.3 Å². The van der Waals surface area contributed by atoms with Crippen molar-refractivity contribution in [2.75, 3.05) is 56.3 Å². The molecule has 0 spiro atoms. The molecule has 12 heteroatoms. The highest BCUT2D eigenvalue weighted by atomic mass is 19.3. The van der Waals surface area contributed by atoms with Crippen molar-refractivity contribution in [2.45, 2.75) is 18.9 Å².